The summed E-state index contributed by atoms with van der Waals surface area (Å²) >= 11 is 0. The minimum absolute atomic E-state index is 0.0236. The number of hydrogen-bond acceptors (Lipinski definition) is 4. The van der Waals surface area contributed by atoms with Crippen LogP contribution in [0.3, 0.4) is 0 Å². The highest BCUT2D eigenvalue weighted by atomic mass is 32.2. The van der Waals surface area contributed by atoms with E-state index in [0.717, 1.165) is 23.3 Å². The lowest BCUT2D eigenvalue weighted by Crippen LogP contribution is -2.33. The minimum Gasteiger partial charge on any atom is -0.310 e. The molecule has 8 heteroatoms. The van der Waals surface area contributed by atoms with Crippen molar-refractivity contribution in [3.05, 3.63) is 59.7 Å². The van der Waals surface area contributed by atoms with Crippen molar-refractivity contribution >= 4 is 27.6 Å². The Morgan fingerprint density at radius 2 is 1.79 bits per heavy atom. The van der Waals surface area contributed by atoms with Gasteiger partial charge in [0.15, 0.2) is 0 Å². The summed E-state index contributed by atoms with van der Waals surface area (Å²) in [5.74, 6) is -0.372. The standard InChI is InChI=1S/C20H21N3O4S/c1-14-7-10-17(11-18(14)28(26,27)21-16-8-9-16)23-19(24)13-22(20(23)25)12-15-5-3-2-4-6-15/h2-7,10-11,16,21H,8-9,12-13H2,1H3. The van der Waals surface area contributed by atoms with E-state index >= 15 is 0 Å². The topological polar surface area (TPSA) is 86.8 Å². The molecule has 0 spiro atoms. The number of nitrogens with zero attached hydrogens (tertiary/aromatic N) is 2. The van der Waals surface area contributed by atoms with E-state index in [-0.39, 0.29) is 29.1 Å². The number of rotatable bonds is 6. The van der Waals surface area contributed by atoms with Crippen LogP contribution in [0.25, 0.3) is 0 Å². The van der Waals surface area contributed by atoms with Crippen LogP contribution in [-0.4, -0.2) is 37.8 Å². The molecule has 146 valence electrons. The number of urea groups is 1. The average molecular weight is 399 g/mol. The molecule has 0 atom stereocenters. The van der Waals surface area contributed by atoms with Crippen molar-refractivity contribution in [3.63, 3.8) is 0 Å². The summed E-state index contributed by atoms with van der Waals surface area (Å²) in [6, 6.07) is 13.6. The predicted octanol–water partition coefficient (Wildman–Crippen LogP) is 2.40. The van der Waals surface area contributed by atoms with Gasteiger partial charge < -0.3 is 4.90 Å². The molecule has 2 aromatic carbocycles. The number of imide groups is 1. The maximum absolute atomic E-state index is 12.8. The van der Waals surface area contributed by atoms with Crippen LogP contribution in [0.15, 0.2) is 53.4 Å². The monoisotopic (exact) mass is 399 g/mol. The van der Waals surface area contributed by atoms with Gasteiger partial charge in [0.1, 0.15) is 6.54 Å². The lowest BCUT2D eigenvalue weighted by atomic mass is 10.2. The molecule has 0 bridgehead atoms. The van der Waals surface area contributed by atoms with Crippen molar-refractivity contribution in [2.24, 2.45) is 0 Å². The van der Waals surface area contributed by atoms with Crippen LogP contribution >= 0.6 is 0 Å². The van der Waals surface area contributed by atoms with Crippen molar-refractivity contribution in [2.75, 3.05) is 11.4 Å². The number of hydrogen-bond donors (Lipinski definition) is 1. The number of carbonyl (C=O) groups is 2. The zero-order chi connectivity index (χ0) is 19.9. The smallest absolute Gasteiger partial charge is 0.310 e. The van der Waals surface area contributed by atoms with Crippen LogP contribution in [0.1, 0.15) is 24.0 Å². The molecule has 2 fully saturated rings. The van der Waals surface area contributed by atoms with Gasteiger partial charge in [0.25, 0.3) is 5.91 Å². The number of amides is 3. The van der Waals surface area contributed by atoms with E-state index in [9.17, 15) is 18.0 Å². The van der Waals surface area contributed by atoms with Gasteiger partial charge in [0.05, 0.1) is 10.6 Å². The fourth-order valence-electron chi connectivity index (χ4n) is 3.23. The summed E-state index contributed by atoms with van der Waals surface area (Å²) < 4.78 is 27.9. The van der Waals surface area contributed by atoms with Gasteiger partial charge in [0.2, 0.25) is 10.0 Å². The third kappa shape index (κ3) is 3.65. The molecular formula is C20H21N3O4S. The first-order chi connectivity index (χ1) is 13.3. The van der Waals surface area contributed by atoms with Gasteiger partial charge >= 0.3 is 6.03 Å². The number of benzene rings is 2. The van der Waals surface area contributed by atoms with Crippen molar-refractivity contribution in [1.29, 1.82) is 0 Å². The second kappa shape index (κ2) is 7.03. The molecule has 1 N–H and O–H groups in total. The molecule has 0 aromatic heterocycles. The Kier molecular flexibility index (Phi) is 4.68. The fraction of sp³-hybridized carbons (Fsp3) is 0.300. The number of anilines is 1. The van der Waals surface area contributed by atoms with Crippen molar-refractivity contribution in [2.45, 2.75) is 37.2 Å². The van der Waals surface area contributed by atoms with Crippen LogP contribution in [0, 0.1) is 6.92 Å². The first-order valence-corrected chi connectivity index (χ1v) is 10.6. The third-order valence-electron chi connectivity index (χ3n) is 4.87. The Bertz CT molecular complexity index is 1030. The molecule has 0 unspecified atom stereocenters. The van der Waals surface area contributed by atoms with Gasteiger partial charge in [0, 0.05) is 12.6 Å². The minimum atomic E-state index is -3.69. The highest BCUT2D eigenvalue weighted by Crippen LogP contribution is 2.29. The molecule has 7 nitrogen and oxygen atoms in total. The number of carbonyl (C=O) groups excluding carboxylic acids is 2. The maximum Gasteiger partial charge on any atom is 0.332 e. The molecule has 3 amide bonds. The summed E-state index contributed by atoms with van der Waals surface area (Å²) in [4.78, 5) is 27.9. The summed E-state index contributed by atoms with van der Waals surface area (Å²) in [5, 5.41) is 0. The highest BCUT2D eigenvalue weighted by Gasteiger charge is 2.38. The first kappa shape index (κ1) is 18.6. The first-order valence-electron chi connectivity index (χ1n) is 9.14. The number of nitrogens with one attached hydrogen (secondary N) is 1. The van der Waals surface area contributed by atoms with Crippen LogP contribution < -0.4 is 9.62 Å². The Morgan fingerprint density at radius 1 is 1.07 bits per heavy atom. The zero-order valence-electron chi connectivity index (χ0n) is 15.5. The highest BCUT2D eigenvalue weighted by molar-refractivity contribution is 7.89. The van der Waals surface area contributed by atoms with Crippen molar-refractivity contribution in [1.82, 2.24) is 9.62 Å². The molecule has 1 aliphatic carbocycles. The van der Waals surface area contributed by atoms with E-state index in [0.29, 0.717) is 12.1 Å². The van der Waals surface area contributed by atoms with Crippen LogP contribution in [-0.2, 0) is 21.4 Å². The van der Waals surface area contributed by atoms with Gasteiger partial charge in [-0.3, -0.25) is 4.79 Å². The number of aryl methyl sites for hydroxylation is 1. The second-order valence-corrected chi connectivity index (χ2v) is 8.88. The van der Waals surface area contributed by atoms with Crippen molar-refractivity contribution < 1.29 is 18.0 Å². The van der Waals surface area contributed by atoms with E-state index < -0.39 is 16.1 Å². The Balaban J connectivity index is 1.60. The maximum atomic E-state index is 12.8. The Labute approximate surface area is 164 Å². The largest absolute Gasteiger partial charge is 0.332 e. The lowest BCUT2D eigenvalue weighted by Gasteiger charge is -2.18. The molecular weight excluding hydrogens is 378 g/mol. The Hall–Kier alpha value is -2.71. The Morgan fingerprint density at radius 3 is 2.46 bits per heavy atom. The SMILES string of the molecule is Cc1ccc(N2C(=O)CN(Cc3ccccc3)C2=O)cc1S(=O)(=O)NC1CC1. The quantitative estimate of drug-likeness (QED) is 0.756. The predicted molar refractivity (Wildman–Crippen MR) is 104 cm³/mol. The molecule has 0 radical (unpaired) electrons. The van der Waals surface area contributed by atoms with Gasteiger partial charge in [-0.05, 0) is 43.0 Å². The lowest BCUT2D eigenvalue weighted by molar-refractivity contribution is -0.116. The molecule has 2 aliphatic rings. The van der Waals surface area contributed by atoms with Gasteiger partial charge in [-0.25, -0.2) is 22.8 Å². The molecule has 1 aliphatic heterocycles. The molecule has 2 aromatic rings. The second-order valence-electron chi connectivity index (χ2n) is 7.20. The van der Waals surface area contributed by atoms with Gasteiger partial charge in [-0.2, -0.15) is 0 Å². The van der Waals surface area contributed by atoms with E-state index in [1.807, 2.05) is 30.3 Å². The van der Waals surface area contributed by atoms with E-state index in [1.54, 1.807) is 19.1 Å². The molecule has 1 heterocycles. The van der Waals surface area contributed by atoms with E-state index in [2.05, 4.69) is 4.72 Å². The molecule has 1 saturated heterocycles. The summed E-state index contributed by atoms with van der Waals surface area (Å²) in [5.41, 5.74) is 1.76. The summed E-state index contributed by atoms with van der Waals surface area (Å²) in [6.45, 7) is 1.98. The molecule has 1 saturated carbocycles. The van der Waals surface area contributed by atoms with Gasteiger partial charge in [-0.1, -0.05) is 36.4 Å². The fourth-order valence-corrected chi connectivity index (χ4v) is 4.80. The van der Waals surface area contributed by atoms with E-state index in [4.69, 9.17) is 0 Å². The van der Waals surface area contributed by atoms with Crippen LogP contribution in [0.2, 0.25) is 0 Å². The zero-order valence-corrected chi connectivity index (χ0v) is 16.3. The molecule has 28 heavy (non-hydrogen) atoms. The average Bonchev–Trinajstić information content (AvgIpc) is 3.41. The van der Waals surface area contributed by atoms with Crippen LogP contribution in [0.5, 0.6) is 0 Å². The van der Waals surface area contributed by atoms with Crippen LogP contribution in [0.4, 0.5) is 10.5 Å². The third-order valence-corrected chi connectivity index (χ3v) is 6.53. The van der Waals surface area contributed by atoms with Gasteiger partial charge in [-0.15, -0.1) is 0 Å². The summed E-state index contributed by atoms with van der Waals surface area (Å²) in [6.07, 6.45) is 1.66. The summed E-state index contributed by atoms with van der Waals surface area (Å²) in [7, 11) is -3.69. The van der Waals surface area contributed by atoms with Crippen molar-refractivity contribution in [3.8, 4) is 0 Å². The van der Waals surface area contributed by atoms with E-state index in [1.165, 1.54) is 11.0 Å². The molecule has 4 rings (SSSR count). The number of sulfonamides is 1. The normalized spacial score (nSPS) is 17.5.